The first-order chi connectivity index (χ1) is 16.9. The Morgan fingerprint density at radius 1 is 1.31 bits per heavy atom. The molecule has 3 aromatic rings. The fourth-order valence-electron chi connectivity index (χ4n) is 3.61. The Hall–Kier alpha value is -3.27. The van der Waals surface area contributed by atoms with Crippen molar-refractivity contribution >= 4 is 45.6 Å². The zero-order valence-corrected chi connectivity index (χ0v) is 20.3. The number of amides is 1. The molecule has 2 aromatic carbocycles. The van der Waals surface area contributed by atoms with E-state index in [4.69, 9.17) is 21.1 Å². The van der Waals surface area contributed by atoms with Crippen LogP contribution in [0.3, 0.4) is 0 Å². The van der Waals surface area contributed by atoms with Gasteiger partial charge in [0.25, 0.3) is 0 Å². The van der Waals surface area contributed by atoms with E-state index in [1.807, 2.05) is 19.0 Å². The summed E-state index contributed by atoms with van der Waals surface area (Å²) < 4.78 is 25.3. The molecule has 2 N–H and O–H groups in total. The summed E-state index contributed by atoms with van der Waals surface area (Å²) >= 11 is 5.92. The van der Waals surface area contributed by atoms with E-state index in [0.29, 0.717) is 47.0 Å². The molecule has 184 valence electrons. The Bertz CT molecular complexity index is 1230. The van der Waals surface area contributed by atoms with E-state index in [1.54, 1.807) is 24.3 Å². The van der Waals surface area contributed by atoms with Gasteiger partial charge in [0.15, 0.2) is 0 Å². The maximum absolute atomic E-state index is 13.6. The molecule has 35 heavy (non-hydrogen) atoms. The molecule has 0 unspecified atom stereocenters. The van der Waals surface area contributed by atoms with Crippen molar-refractivity contribution in [2.45, 2.75) is 18.9 Å². The highest BCUT2D eigenvalue weighted by Crippen LogP contribution is 2.34. The summed E-state index contributed by atoms with van der Waals surface area (Å²) in [5, 5.41) is 6.68. The quantitative estimate of drug-likeness (QED) is 0.409. The molecule has 0 spiro atoms. The van der Waals surface area contributed by atoms with Crippen molar-refractivity contribution in [2.24, 2.45) is 0 Å². The smallest absolute Gasteiger partial charge is 0.248 e. The number of fused-ring (bicyclic) bond motifs is 1. The summed E-state index contributed by atoms with van der Waals surface area (Å²) in [7, 11) is 3.84. The fourth-order valence-corrected chi connectivity index (χ4v) is 3.80. The Labute approximate surface area is 208 Å². The lowest BCUT2D eigenvalue weighted by Gasteiger charge is -2.17. The van der Waals surface area contributed by atoms with Crippen molar-refractivity contribution < 1.29 is 18.7 Å². The molecule has 1 fully saturated rings. The highest BCUT2D eigenvalue weighted by Gasteiger charge is 2.19. The minimum atomic E-state index is -0.509. The molecule has 8 nitrogen and oxygen atoms in total. The number of ether oxygens (including phenoxy) is 2. The van der Waals surface area contributed by atoms with Crippen LogP contribution in [0.25, 0.3) is 10.9 Å². The summed E-state index contributed by atoms with van der Waals surface area (Å²) in [6.07, 6.45) is 6.62. The minimum Gasteiger partial charge on any atom is -0.489 e. The normalized spacial score (nSPS) is 15.7. The molecule has 4 rings (SSSR count). The van der Waals surface area contributed by atoms with E-state index in [1.165, 1.54) is 24.5 Å². The Balaban J connectivity index is 1.65. The molecule has 1 aliphatic heterocycles. The molecule has 1 saturated heterocycles. The van der Waals surface area contributed by atoms with E-state index in [2.05, 4.69) is 20.6 Å². The highest BCUT2D eigenvalue weighted by atomic mass is 35.5. The van der Waals surface area contributed by atoms with Crippen LogP contribution in [-0.2, 0) is 9.53 Å². The third-order valence-electron chi connectivity index (χ3n) is 5.37. The SMILES string of the molecule is CN(C)CC=CC(=O)Nc1cc2c(Nc3ccc(F)c(Cl)c3)ncnc2cc1OC[C@H]1CCCO1. The van der Waals surface area contributed by atoms with Crippen LogP contribution >= 0.6 is 11.6 Å². The lowest BCUT2D eigenvalue weighted by molar-refractivity contribution is -0.111. The van der Waals surface area contributed by atoms with Crippen molar-refractivity contribution in [1.82, 2.24) is 14.9 Å². The topological polar surface area (TPSA) is 88.6 Å². The average Bonchev–Trinajstić information content (AvgIpc) is 3.34. The maximum Gasteiger partial charge on any atom is 0.248 e. The van der Waals surface area contributed by atoms with Gasteiger partial charge in [0, 0.05) is 36.4 Å². The molecule has 1 amide bonds. The van der Waals surface area contributed by atoms with Gasteiger partial charge in [-0.2, -0.15) is 0 Å². The van der Waals surface area contributed by atoms with Gasteiger partial charge in [-0.1, -0.05) is 17.7 Å². The molecule has 0 radical (unpaired) electrons. The Morgan fingerprint density at radius 3 is 2.91 bits per heavy atom. The fraction of sp³-hybridized carbons (Fsp3) is 0.320. The summed E-state index contributed by atoms with van der Waals surface area (Å²) in [5.74, 6) is 0.161. The summed E-state index contributed by atoms with van der Waals surface area (Å²) in [6.45, 7) is 1.73. The molecular weight excluding hydrogens is 473 g/mol. The number of nitrogens with zero attached hydrogens (tertiary/aromatic N) is 3. The van der Waals surface area contributed by atoms with E-state index < -0.39 is 5.82 Å². The first kappa shape index (κ1) is 24.8. The average molecular weight is 500 g/mol. The number of halogens is 2. The van der Waals surface area contributed by atoms with Crippen molar-refractivity contribution in [3.8, 4) is 5.75 Å². The van der Waals surface area contributed by atoms with Crippen LogP contribution in [0.2, 0.25) is 5.02 Å². The van der Waals surface area contributed by atoms with E-state index in [9.17, 15) is 9.18 Å². The van der Waals surface area contributed by atoms with Gasteiger partial charge >= 0.3 is 0 Å². The molecule has 0 saturated carbocycles. The van der Waals surface area contributed by atoms with Gasteiger partial charge in [-0.05, 0) is 51.2 Å². The second-order valence-corrected chi connectivity index (χ2v) is 8.85. The molecule has 0 aliphatic carbocycles. The first-order valence-corrected chi connectivity index (χ1v) is 11.6. The van der Waals surface area contributed by atoms with E-state index >= 15 is 0 Å². The maximum atomic E-state index is 13.6. The number of hydrogen-bond donors (Lipinski definition) is 2. The van der Waals surface area contributed by atoms with Crippen LogP contribution in [0.15, 0.2) is 48.8 Å². The number of carbonyl (C=O) groups is 1. The predicted octanol–water partition coefficient (Wildman–Crippen LogP) is 4.78. The van der Waals surface area contributed by atoms with Gasteiger partial charge in [0.1, 0.15) is 30.3 Å². The monoisotopic (exact) mass is 499 g/mol. The van der Waals surface area contributed by atoms with Gasteiger partial charge in [0.2, 0.25) is 5.91 Å². The second kappa shape index (κ2) is 11.4. The van der Waals surface area contributed by atoms with Gasteiger partial charge in [-0.3, -0.25) is 4.79 Å². The lowest BCUT2D eigenvalue weighted by atomic mass is 10.1. The molecular formula is C25H27ClFN5O3. The van der Waals surface area contributed by atoms with E-state index in [-0.39, 0.29) is 17.0 Å². The number of nitrogens with one attached hydrogen (secondary N) is 2. The number of anilines is 3. The Kier molecular flexibility index (Phi) is 8.12. The standard InChI is InChI=1S/C25H27ClFN5O3/c1-32(2)9-3-6-24(33)31-22-12-18-21(13-23(22)35-14-17-5-4-10-34-17)28-15-29-25(18)30-16-7-8-20(27)19(26)11-16/h3,6-8,11-13,15,17H,4-5,9-10,14H2,1-2H3,(H,31,33)(H,28,29,30)/t17-/m1/s1. The van der Waals surface area contributed by atoms with Crippen LogP contribution in [0, 0.1) is 5.82 Å². The third kappa shape index (κ3) is 6.66. The zero-order valence-electron chi connectivity index (χ0n) is 19.6. The van der Waals surface area contributed by atoms with Crippen molar-refractivity contribution in [2.75, 3.05) is 44.5 Å². The largest absolute Gasteiger partial charge is 0.489 e. The van der Waals surface area contributed by atoms with Crippen molar-refractivity contribution in [3.05, 3.63) is 59.7 Å². The highest BCUT2D eigenvalue weighted by molar-refractivity contribution is 6.31. The molecule has 0 bridgehead atoms. The van der Waals surface area contributed by atoms with Crippen LogP contribution in [-0.4, -0.2) is 60.7 Å². The van der Waals surface area contributed by atoms with E-state index in [0.717, 1.165) is 19.4 Å². The summed E-state index contributed by atoms with van der Waals surface area (Å²) in [6, 6.07) is 7.82. The molecule has 1 aliphatic rings. The number of hydrogen-bond acceptors (Lipinski definition) is 7. The van der Waals surface area contributed by atoms with Crippen LogP contribution in [0.5, 0.6) is 5.75 Å². The zero-order chi connectivity index (χ0) is 24.8. The number of benzene rings is 2. The summed E-state index contributed by atoms with van der Waals surface area (Å²) in [5.41, 5.74) is 1.65. The third-order valence-corrected chi connectivity index (χ3v) is 5.66. The van der Waals surface area contributed by atoms with Crippen LogP contribution < -0.4 is 15.4 Å². The number of carbonyl (C=O) groups excluding carboxylic acids is 1. The van der Waals surface area contributed by atoms with Crippen LogP contribution in [0.1, 0.15) is 12.8 Å². The molecule has 1 aromatic heterocycles. The number of likely N-dealkylation sites (N-methyl/N-ethyl adjacent to an activating group) is 1. The number of rotatable bonds is 9. The van der Waals surface area contributed by atoms with Gasteiger partial charge < -0.3 is 25.0 Å². The predicted molar refractivity (Wildman–Crippen MR) is 135 cm³/mol. The number of aromatic nitrogens is 2. The Morgan fingerprint density at radius 2 is 2.17 bits per heavy atom. The molecule has 2 heterocycles. The van der Waals surface area contributed by atoms with Crippen molar-refractivity contribution in [1.29, 1.82) is 0 Å². The van der Waals surface area contributed by atoms with Crippen LogP contribution in [0.4, 0.5) is 21.6 Å². The molecule has 10 heteroatoms. The minimum absolute atomic E-state index is 0.00403. The van der Waals surface area contributed by atoms with Gasteiger partial charge in [0.05, 0.1) is 22.3 Å². The summed E-state index contributed by atoms with van der Waals surface area (Å²) in [4.78, 5) is 23.2. The second-order valence-electron chi connectivity index (χ2n) is 8.44. The molecule has 1 atom stereocenters. The lowest BCUT2D eigenvalue weighted by Crippen LogP contribution is -2.18. The first-order valence-electron chi connectivity index (χ1n) is 11.3. The van der Waals surface area contributed by atoms with Gasteiger partial charge in [-0.25, -0.2) is 14.4 Å². The van der Waals surface area contributed by atoms with Gasteiger partial charge in [-0.15, -0.1) is 0 Å². The van der Waals surface area contributed by atoms with Crippen molar-refractivity contribution in [3.63, 3.8) is 0 Å².